The van der Waals surface area contributed by atoms with Crippen molar-refractivity contribution in [3.05, 3.63) is 34.7 Å². The Morgan fingerprint density at radius 2 is 1.92 bits per heavy atom. The van der Waals surface area contributed by atoms with E-state index in [-0.39, 0.29) is 0 Å². The summed E-state index contributed by atoms with van der Waals surface area (Å²) in [6.07, 6.45) is 5.97. The molecule has 1 rings (SSSR count). The van der Waals surface area contributed by atoms with Crippen LogP contribution in [0.3, 0.4) is 0 Å². The monoisotopic (exact) mass is 161 g/mol. The Morgan fingerprint density at radius 3 is 2.50 bits per heavy atom. The predicted octanol–water partition coefficient (Wildman–Crippen LogP) is 3.12. The highest BCUT2D eigenvalue weighted by molar-refractivity contribution is 5.55. The van der Waals surface area contributed by atoms with E-state index in [0.717, 1.165) is 0 Å². The minimum absolute atomic E-state index is 1.23. The molecule has 1 aromatic heterocycles. The number of rotatable bonds is 1. The van der Waals surface area contributed by atoms with E-state index in [1.54, 1.807) is 0 Å². The zero-order valence-corrected chi connectivity index (χ0v) is 8.18. The van der Waals surface area contributed by atoms with Crippen molar-refractivity contribution >= 4 is 6.08 Å². The van der Waals surface area contributed by atoms with Crippen LogP contribution in [0.25, 0.3) is 6.08 Å². The first-order valence-corrected chi connectivity index (χ1v) is 4.17. The third-order valence-corrected chi connectivity index (χ3v) is 1.95. The molecule has 0 spiro atoms. The molecule has 1 heteroatoms. The number of aromatic nitrogens is 1. The van der Waals surface area contributed by atoms with Crippen molar-refractivity contribution in [1.82, 2.24) is 4.98 Å². The van der Waals surface area contributed by atoms with E-state index in [2.05, 4.69) is 38.8 Å². The number of hydrogen-bond acceptors (Lipinski definition) is 1. The van der Waals surface area contributed by atoms with Gasteiger partial charge >= 0.3 is 0 Å². The fourth-order valence-electron chi connectivity index (χ4n) is 1.11. The van der Waals surface area contributed by atoms with Crippen LogP contribution in [0.15, 0.2) is 18.0 Å². The van der Waals surface area contributed by atoms with Gasteiger partial charge in [0.1, 0.15) is 0 Å². The largest absolute Gasteiger partial charge is 0.264 e. The Morgan fingerprint density at radius 1 is 1.25 bits per heavy atom. The summed E-state index contributed by atoms with van der Waals surface area (Å²) in [5.74, 6) is 0. The second-order valence-electron chi connectivity index (χ2n) is 3.39. The van der Waals surface area contributed by atoms with Crippen molar-refractivity contribution < 1.29 is 0 Å². The lowest BCUT2D eigenvalue weighted by atomic mass is 10.1. The van der Waals surface area contributed by atoms with Gasteiger partial charge in [-0.3, -0.25) is 4.98 Å². The summed E-state index contributed by atoms with van der Waals surface area (Å²) in [5.41, 5.74) is 5.12. The SMILES string of the molecule is CC(C)=Cc1cncc(C)c1C. The van der Waals surface area contributed by atoms with Crippen LogP contribution in [-0.2, 0) is 0 Å². The molecule has 0 fully saturated rings. The third-order valence-electron chi connectivity index (χ3n) is 1.95. The molecule has 0 unspecified atom stereocenters. The zero-order valence-electron chi connectivity index (χ0n) is 8.18. The number of nitrogens with zero attached hydrogens (tertiary/aromatic N) is 1. The molecular weight excluding hydrogens is 146 g/mol. The summed E-state index contributed by atoms with van der Waals surface area (Å²) >= 11 is 0. The third kappa shape index (κ3) is 1.94. The molecule has 0 amide bonds. The molecule has 64 valence electrons. The molecule has 12 heavy (non-hydrogen) atoms. The van der Waals surface area contributed by atoms with Crippen molar-refractivity contribution in [2.75, 3.05) is 0 Å². The molecule has 1 heterocycles. The van der Waals surface area contributed by atoms with E-state index in [9.17, 15) is 0 Å². The normalized spacial score (nSPS) is 9.67. The molecule has 0 aliphatic heterocycles. The first kappa shape index (κ1) is 8.98. The topological polar surface area (TPSA) is 12.9 Å². The zero-order chi connectivity index (χ0) is 9.14. The van der Waals surface area contributed by atoms with Crippen molar-refractivity contribution in [2.24, 2.45) is 0 Å². The Kier molecular flexibility index (Phi) is 2.64. The number of hydrogen-bond donors (Lipinski definition) is 0. The van der Waals surface area contributed by atoms with Gasteiger partial charge in [0.2, 0.25) is 0 Å². The number of aryl methyl sites for hydroxylation is 1. The van der Waals surface area contributed by atoms with Gasteiger partial charge < -0.3 is 0 Å². The first-order chi connectivity index (χ1) is 5.61. The van der Waals surface area contributed by atoms with Gasteiger partial charge in [-0.25, -0.2) is 0 Å². The lowest BCUT2D eigenvalue weighted by Crippen LogP contribution is -1.88. The van der Waals surface area contributed by atoms with Crippen LogP contribution in [0, 0.1) is 13.8 Å². The lowest BCUT2D eigenvalue weighted by Gasteiger charge is -2.03. The molecule has 1 aromatic rings. The van der Waals surface area contributed by atoms with E-state index in [1.807, 2.05) is 12.4 Å². The lowest BCUT2D eigenvalue weighted by molar-refractivity contribution is 1.20. The molecular formula is C11H15N. The maximum absolute atomic E-state index is 4.15. The molecule has 0 aliphatic rings. The van der Waals surface area contributed by atoms with Crippen molar-refractivity contribution in [2.45, 2.75) is 27.7 Å². The molecule has 0 aromatic carbocycles. The van der Waals surface area contributed by atoms with Crippen LogP contribution in [0.1, 0.15) is 30.5 Å². The Bertz CT molecular complexity index is 307. The van der Waals surface area contributed by atoms with Crippen molar-refractivity contribution in [3.63, 3.8) is 0 Å². The van der Waals surface area contributed by atoms with Crippen LogP contribution in [0.2, 0.25) is 0 Å². The highest BCUT2D eigenvalue weighted by Gasteiger charge is 1.97. The van der Waals surface area contributed by atoms with Gasteiger partial charge in [0.25, 0.3) is 0 Å². The molecule has 0 saturated carbocycles. The van der Waals surface area contributed by atoms with E-state index in [1.165, 1.54) is 22.3 Å². The Balaban J connectivity index is 3.17. The standard InChI is InChI=1S/C11H15N/c1-8(2)5-11-7-12-6-9(3)10(11)4/h5-7H,1-4H3. The molecule has 0 atom stereocenters. The smallest absolute Gasteiger partial charge is 0.0343 e. The highest BCUT2D eigenvalue weighted by Crippen LogP contribution is 2.13. The minimum atomic E-state index is 1.23. The second-order valence-corrected chi connectivity index (χ2v) is 3.39. The van der Waals surface area contributed by atoms with E-state index < -0.39 is 0 Å². The van der Waals surface area contributed by atoms with Gasteiger partial charge in [-0.2, -0.15) is 0 Å². The Labute approximate surface area is 74.2 Å². The van der Waals surface area contributed by atoms with Gasteiger partial charge in [0, 0.05) is 12.4 Å². The Hall–Kier alpha value is -1.11. The highest BCUT2D eigenvalue weighted by atomic mass is 14.6. The van der Waals surface area contributed by atoms with Crippen molar-refractivity contribution in [3.8, 4) is 0 Å². The van der Waals surface area contributed by atoms with Crippen LogP contribution in [0.5, 0.6) is 0 Å². The molecule has 1 nitrogen and oxygen atoms in total. The molecule has 0 saturated heterocycles. The van der Waals surface area contributed by atoms with Gasteiger partial charge in [-0.05, 0) is 44.4 Å². The summed E-state index contributed by atoms with van der Waals surface area (Å²) in [6, 6.07) is 0. The molecule has 0 aliphatic carbocycles. The second kappa shape index (κ2) is 3.53. The summed E-state index contributed by atoms with van der Waals surface area (Å²) in [6.45, 7) is 8.42. The van der Waals surface area contributed by atoms with Gasteiger partial charge in [-0.15, -0.1) is 0 Å². The molecule has 0 N–H and O–H groups in total. The fourth-order valence-corrected chi connectivity index (χ4v) is 1.11. The van der Waals surface area contributed by atoms with Crippen molar-refractivity contribution in [1.29, 1.82) is 0 Å². The van der Waals surface area contributed by atoms with Crippen LogP contribution in [0.4, 0.5) is 0 Å². The molecule has 0 radical (unpaired) electrons. The van der Waals surface area contributed by atoms with E-state index in [4.69, 9.17) is 0 Å². The summed E-state index contributed by atoms with van der Waals surface area (Å²) in [4.78, 5) is 4.15. The van der Waals surface area contributed by atoms with Crippen LogP contribution >= 0.6 is 0 Å². The average molecular weight is 161 g/mol. The fraction of sp³-hybridized carbons (Fsp3) is 0.364. The van der Waals surface area contributed by atoms with Crippen LogP contribution in [-0.4, -0.2) is 4.98 Å². The minimum Gasteiger partial charge on any atom is -0.264 e. The predicted molar refractivity (Wildman–Crippen MR) is 53.0 cm³/mol. The summed E-state index contributed by atoms with van der Waals surface area (Å²) in [5, 5.41) is 0. The summed E-state index contributed by atoms with van der Waals surface area (Å²) < 4.78 is 0. The summed E-state index contributed by atoms with van der Waals surface area (Å²) in [7, 11) is 0. The van der Waals surface area contributed by atoms with E-state index >= 15 is 0 Å². The van der Waals surface area contributed by atoms with Gasteiger partial charge in [0.05, 0.1) is 0 Å². The first-order valence-electron chi connectivity index (χ1n) is 4.17. The number of allylic oxidation sites excluding steroid dienone is 1. The van der Waals surface area contributed by atoms with Crippen LogP contribution < -0.4 is 0 Å². The van der Waals surface area contributed by atoms with Gasteiger partial charge in [-0.1, -0.05) is 11.6 Å². The van der Waals surface area contributed by atoms with E-state index in [0.29, 0.717) is 0 Å². The maximum atomic E-state index is 4.15. The average Bonchev–Trinajstić information content (AvgIpc) is 1.98. The number of pyridine rings is 1. The maximum Gasteiger partial charge on any atom is 0.0343 e. The quantitative estimate of drug-likeness (QED) is 0.616. The molecule has 0 bridgehead atoms. The van der Waals surface area contributed by atoms with Gasteiger partial charge in [0.15, 0.2) is 0 Å².